The van der Waals surface area contributed by atoms with Crippen LogP contribution in [0.4, 0.5) is 24.8 Å². The van der Waals surface area contributed by atoms with E-state index in [9.17, 15) is 26.4 Å². The van der Waals surface area contributed by atoms with Gasteiger partial charge in [0.1, 0.15) is 11.6 Å². The number of aliphatic carboxylic acids is 1. The Morgan fingerprint density at radius 2 is 1.75 bits per heavy atom. The van der Waals surface area contributed by atoms with Gasteiger partial charge in [0.2, 0.25) is 0 Å². The van der Waals surface area contributed by atoms with E-state index >= 15 is 0 Å². The Bertz CT molecular complexity index is 1450. The number of hydrogen-bond acceptors (Lipinski definition) is 6. The molecule has 1 aliphatic heterocycles. The average molecular weight is 577 g/mol. The number of benzene rings is 1. The third-order valence-corrected chi connectivity index (χ3v) is 7.97. The fourth-order valence-electron chi connectivity index (χ4n) is 4.73. The molecule has 0 atom stereocenters. The summed E-state index contributed by atoms with van der Waals surface area (Å²) in [5, 5.41) is 8.59. The number of unbranched alkanes of at least 4 members (excludes halogenated alkanes) is 2. The second kappa shape index (κ2) is 12.7. The molecular formula is C28H31F3N4O4S. The molecular weight excluding hydrogens is 545 g/mol. The Kier molecular flexibility index (Phi) is 9.28. The number of aromatic nitrogens is 2. The normalized spacial score (nSPS) is 15.6. The minimum atomic E-state index is -4.68. The van der Waals surface area contributed by atoms with Gasteiger partial charge in [0, 0.05) is 25.1 Å². The van der Waals surface area contributed by atoms with Crippen molar-refractivity contribution >= 4 is 27.6 Å². The predicted octanol–water partition coefficient (Wildman–Crippen LogP) is 6.14. The van der Waals surface area contributed by atoms with Gasteiger partial charge in [-0.1, -0.05) is 43.2 Å². The number of hydrogen-bond donors (Lipinski definition) is 2. The van der Waals surface area contributed by atoms with Crippen molar-refractivity contribution in [1.82, 2.24) is 9.97 Å². The summed E-state index contributed by atoms with van der Waals surface area (Å²) in [6.07, 6.45) is 0.226. The van der Waals surface area contributed by atoms with Gasteiger partial charge in [-0.25, -0.2) is 9.97 Å². The standard InChI is InChI=1S/C28H31F3N4O4S/c29-28(30,31)22-16-17-23-32-27(22)21-12-6-5-11-20(21)10-3-1-7-18-35(19-8-2-4-15-26(36)37)24-13-9-14-25(33-24)40(38,39)34-23/h5-6,9,11-14,16-17H,1-4,7-8,10,15,18-19H2,(H,32,34)(H,36,37). The van der Waals surface area contributed by atoms with Gasteiger partial charge in [-0.15, -0.1) is 0 Å². The fraction of sp³-hybridized carbons (Fsp3) is 0.393. The fourth-order valence-corrected chi connectivity index (χ4v) is 5.70. The molecule has 214 valence electrons. The number of carbonyl (C=O) groups is 1. The summed E-state index contributed by atoms with van der Waals surface area (Å²) in [5.74, 6) is -0.625. The molecule has 8 nitrogen and oxygen atoms in total. The van der Waals surface area contributed by atoms with Crippen molar-refractivity contribution < 1.29 is 31.5 Å². The van der Waals surface area contributed by atoms with Crippen LogP contribution in [-0.4, -0.2) is 42.6 Å². The highest BCUT2D eigenvalue weighted by Gasteiger charge is 2.35. The molecule has 1 aromatic carbocycles. The van der Waals surface area contributed by atoms with Gasteiger partial charge < -0.3 is 10.0 Å². The molecule has 4 rings (SSSR count). The van der Waals surface area contributed by atoms with Gasteiger partial charge in [0.25, 0.3) is 10.0 Å². The number of alkyl halides is 3. The molecule has 0 saturated carbocycles. The molecule has 0 radical (unpaired) electrons. The topological polar surface area (TPSA) is 112 Å². The molecule has 0 spiro atoms. The Hall–Kier alpha value is -3.67. The summed E-state index contributed by atoms with van der Waals surface area (Å²) >= 11 is 0. The molecule has 2 aromatic heterocycles. The van der Waals surface area contributed by atoms with Crippen molar-refractivity contribution in [1.29, 1.82) is 0 Å². The summed E-state index contributed by atoms with van der Waals surface area (Å²) in [7, 11) is -4.27. The number of halogens is 3. The highest BCUT2D eigenvalue weighted by molar-refractivity contribution is 7.92. The second-order valence-electron chi connectivity index (χ2n) is 9.69. The maximum absolute atomic E-state index is 13.9. The van der Waals surface area contributed by atoms with Crippen LogP contribution in [0, 0.1) is 0 Å². The maximum Gasteiger partial charge on any atom is 0.418 e. The van der Waals surface area contributed by atoms with E-state index in [0.29, 0.717) is 49.3 Å². The van der Waals surface area contributed by atoms with Crippen LogP contribution >= 0.6 is 0 Å². The zero-order valence-electron chi connectivity index (χ0n) is 21.8. The lowest BCUT2D eigenvalue weighted by Gasteiger charge is -2.24. The predicted molar refractivity (Wildman–Crippen MR) is 146 cm³/mol. The first-order valence-electron chi connectivity index (χ1n) is 13.2. The molecule has 12 heteroatoms. The highest BCUT2D eigenvalue weighted by Crippen LogP contribution is 2.38. The zero-order chi connectivity index (χ0) is 28.8. The van der Waals surface area contributed by atoms with Crippen molar-refractivity contribution in [3.63, 3.8) is 0 Å². The number of pyridine rings is 2. The molecule has 0 aliphatic carbocycles. The first kappa shape index (κ1) is 29.3. The van der Waals surface area contributed by atoms with Crippen molar-refractivity contribution in [2.45, 2.75) is 62.6 Å². The van der Waals surface area contributed by atoms with E-state index in [1.54, 1.807) is 36.4 Å². The number of anilines is 2. The van der Waals surface area contributed by atoms with Gasteiger partial charge in [-0.3, -0.25) is 9.52 Å². The lowest BCUT2D eigenvalue weighted by atomic mass is 9.96. The molecule has 4 bridgehead atoms. The van der Waals surface area contributed by atoms with Crippen molar-refractivity contribution in [3.8, 4) is 11.3 Å². The first-order valence-corrected chi connectivity index (χ1v) is 14.7. The molecule has 40 heavy (non-hydrogen) atoms. The Morgan fingerprint density at radius 3 is 2.52 bits per heavy atom. The van der Waals surface area contributed by atoms with E-state index in [4.69, 9.17) is 5.11 Å². The van der Waals surface area contributed by atoms with Crippen LogP contribution in [0.2, 0.25) is 0 Å². The van der Waals surface area contributed by atoms with Gasteiger partial charge in [0.05, 0.1) is 11.3 Å². The molecule has 0 saturated heterocycles. The van der Waals surface area contributed by atoms with Crippen LogP contribution in [0.3, 0.4) is 0 Å². The van der Waals surface area contributed by atoms with E-state index in [2.05, 4.69) is 14.7 Å². The third kappa shape index (κ3) is 7.50. The molecule has 3 aromatic rings. The van der Waals surface area contributed by atoms with Crippen LogP contribution in [0.15, 0.2) is 59.6 Å². The van der Waals surface area contributed by atoms with E-state index in [0.717, 1.165) is 37.8 Å². The van der Waals surface area contributed by atoms with Gasteiger partial charge >= 0.3 is 12.1 Å². The zero-order valence-corrected chi connectivity index (χ0v) is 22.6. The summed E-state index contributed by atoms with van der Waals surface area (Å²) in [4.78, 5) is 21.3. The molecule has 0 amide bonds. The number of carboxylic acid groups (broad SMARTS) is 1. The van der Waals surface area contributed by atoms with Gasteiger partial charge in [-0.05, 0) is 61.9 Å². The largest absolute Gasteiger partial charge is 0.481 e. The van der Waals surface area contributed by atoms with Gasteiger partial charge in [-0.2, -0.15) is 21.6 Å². The van der Waals surface area contributed by atoms with Crippen molar-refractivity contribution in [3.05, 3.63) is 65.7 Å². The van der Waals surface area contributed by atoms with Gasteiger partial charge in [0.15, 0.2) is 5.03 Å². The number of nitrogens with one attached hydrogen (secondary N) is 1. The number of carboxylic acids is 1. The van der Waals surface area contributed by atoms with Crippen LogP contribution in [0.25, 0.3) is 11.3 Å². The van der Waals surface area contributed by atoms with Crippen LogP contribution in [-0.2, 0) is 27.4 Å². The lowest BCUT2D eigenvalue weighted by Crippen LogP contribution is -2.27. The lowest BCUT2D eigenvalue weighted by molar-refractivity contribution is -0.138. The number of aryl methyl sites for hydroxylation is 1. The summed E-state index contributed by atoms with van der Waals surface area (Å²) < 4.78 is 70.6. The second-order valence-corrected chi connectivity index (χ2v) is 11.3. The number of sulfonamides is 1. The Balaban J connectivity index is 1.70. The van der Waals surface area contributed by atoms with E-state index in [1.165, 1.54) is 6.07 Å². The molecule has 0 unspecified atom stereocenters. The van der Waals surface area contributed by atoms with E-state index in [-0.39, 0.29) is 23.0 Å². The Morgan fingerprint density at radius 1 is 0.950 bits per heavy atom. The molecule has 1 aliphatic rings. The van der Waals surface area contributed by atoms with Crippen LogP contribution < -0.4 is 9.62 Å². The van der Waals surface area contributed by atoms with Crippen LogP contribution in [0.5, 0.6) is 0 Å². The van der Waals surface area contributed by atoms with Crippen molar-refractivity contribution in [2.24, 2.45) is 0 Å². The quantitative estimate of drug-likeness (QED) is 0.339. The van der Waals surface area contributed by atoms with E-state index in [1.807, 2.05) is 4.90 Å². The number of fused-ring (bicyclic) bond motifs is 6. The monoisotopic (exact) mass is 576 g/mol. The molecule has 3 heterocycles. The molecule has 0 fully saturated rings. The van der Waals surface area contributed by atoms with Crippen molar-refractivity contribution in [2.75, 3.05) is 22.7 Å². The summed E-state index contributed by atoms with van der Waals surface area (Å²) in [6.45, 7) is 1.18. The third-order valence-electron chi connectivity index (χ3n) is 6.71. The average Bonchev–Trinajstić information content (AvgIpc) is 2.90. The first-order chi connectivity index (χ1) is 19.0. The SMILES string of the molecule is O=C(O)CCCCCN1CCCCCc2ccccc2-c2nc(ccc2C(F)(F)F)NS(=O)(=O)c2cccc1n2. The summed E-state index contributed by atoms with van der Waals surface area (Å²) in [5.41, 5.74) is -0.254. The number of rotatable bonds is 6. The maximum atomic E-state index is 13.9. The molecule has 2 N–H and O–H groups in total. The highest BCUT2D eigenvalue weighted by atomic mass is 32.2. The number of nitrogens with zero attached hydrogens (tertiary/aromatic N) is 3. The summed E-state index contributed by atoms with van der Waals surface area (Å²) in [6, 6.07) is 13.2. The van der Waals surface area contributed by atoms with Crippen LogP contribution in [0.1, 0.15) is 56.1 Å². The van der Waals surface area contributed by atoms with E-state index < -0.39 is 27.7 Å². The smallest absolute Gasteiger partial charge is 0.418 e. The minimum Gasteiger partial charge on any atom is -0.481 e. The Labute approximate surface area is 231 Å². The minimum absolute atomic E-state index is 0.0961.